The van der Waals surface area contributed by atoms with Crippen LogP contribution < -0.4 is 10.1 Å². The summed E-state index contributed by atoms with van der Waals surface area (Å²) in [6.45, 7) is 3.44. The van der Waals surface area contributed by atoms with E-state index in [0.717, 1.165) is 28.3 Å². The Morgan fingerprint density at radius 3 is 2.21 bits per heavy atom. The van der Waals surface area contributed by atoms with E-state index < -0.39 is 11.7 Å². The third-order valence-corrected chi connectivity index (χ3v) is 6.00. The zero-order valence-corrected chi connectivity index (χ0v) is 22.3. The van der Waals surface area contributed by atoms with Crippen LogP contribution in [0, 0.1) is 0 Å². The quantitative estimate of drug-likeness (QED) is 0.169. The molecule has 0 saturated heterocycles. The monoisotopic (exact) mass is 538 g/mol. The van der Waals surface area contributed by atoms with Gasteiger partial charge in [0.2, 0.25) is 5.91 Å². The molecule has 0 heterocycles. The van der Waals surface area contributed by atoms with Crippen LogP contribution in [0.5, 0.6) is 11.5 Å². The first kappa shape index (κ1) is 29.5. The second-order valence-electron chi connectivity index (χ2n) is 9.04. The van der Waals surface area contributed by atoms with Gasteiger partial charge in [-0.3, -0.25) is 4.79 Å². The number of nitrogens with zero attached hydrogens (tertiary/aromatic N) is 1. The van der Waals surface area contributed by atoms with Crippen molar-refractivity contribution in [1.82, 2.24) is 10.2 Å². The molecular formula is C31H33F3N2O3. The van der Waals surface area contributed by atoms with Crippen molar-refractivity contribution in [1.29, 1.82) is 0 Å². The molecule has 206 valence electrons. The van der Waals surface area contributed by atoms with Gasteiger partial charge in [-0.25, -0.2) is 0 Å². The lowest BCUT2D eigenvalue weighted by atomic mass is 9.87. The number of nitrogens with one attached hydrogen (secondary N) is 1. The van der Waals surface area contributed by atoms with Gasteiger partial charge in [-0.2, -0.15) is 13.2 Å². The van der Waals surface area contributed by atoms with Gasteiger partial charge in [0.05, 0.1) is 5.56 Å². The molecule has 0 saturated carbocycles. The van der Waals surface area contributed by atoms with Gasteiger partial charge in [0, 0.05) is 33.3 Å². The molecule has 0 aliphatic rings. The molecule has 3 aromatic carbocycles. The third kappa shape index (κ3) is 8.48. The van der Waals surface area contributed by atoms with Gasteiger partial charge in [0.1, 0.15) is 18.1 Å². The van der Waals surface area contributed by atoms with Crippen LogP contribution in [0.4, 0.5) is 13.2 Å². The Hall–Kier alpha value is -4.04. The number of allylic oxidation sites excluding steroid dienone is 1. The van der Waals surface area contributed by atoms with Crippen LogP contribution in [0.1, 0.15) is 35.6 Å². The summed E-state index contributed by atoms with van der Waals surface area (Å²) in [6, 6.07) is 19.4. The van der Waals surface area contributed by atoms with Crippen molar-refractivity contribution in [2.24, 2.45) is 0 Å². The number of hydrogen-bond acceptors (Lipinski definition) is 4. The Bertz CT molecular complexity index is 1300. The van der Waals surface area contributed by atoms with Gasteiger partial charge in [0.15, 0.2) is 0 Å². The Labute approximate surface area is 227 Å². The zero-order chi connectivity index (χ0) is 28.4. The molecule has 0 radical (unpaired) electrons. The molecule has 0 bridgehead atoms. The maximum Gasteiger partial charge on any atom is 0.416 e. The number of halogens is 3. The van der Waals surface area contributed by atoms with E-state index >= 15 is 0 Å². The zero-order valence-electron chi connectivity index (χ0n) is 22.3. The highest BCUT2D eigenvalue weighted by Gasteiger charge is 2.30. The fourth-order valence-electron chi connectivity index (χ4n) is 4.00. The van der Waals surface area contributed by atoms with E-state index in [9.17, 15) is 23.1 Å². The molecule has 1 amide bonds. The molecule has 5 nitrogen and oxygen atoms in total. The number of phenols is 1. The van der Waals surface area contributed by atoms with Crippen LogP contribution >= 0.6 is 0 Å². The minimum Gasteiger partial charge on any atom is -0.508 e. The molecule has 3 aromatic rings. The summed E-state index contributed by atoms with van der Waals surface area (Å²) in [5.41, 5.74) is 2.92. The number of phenolic OH excluding ortho intramolecular Hbond substituents is 1. The van der Waals surface area contributed by atoms with E-state index in [1.165, 1.54) is 23.1 Å². The molecule has 0 aromatic heterocycles. The van der Waals surface area contributed by atoms with Gasteiger partial charge < -0.3 is 20.1 Å². The fraction of sp³-hybridized carbons (Fsp3) is 0.258. The van der Waals surface area contributed by atoms with Crippen LogP contribution in [0.25, 0.3) is 11.1 Å². The average molecular weight is 539 g/mol. The first-order valence-electron chi connectivity index (χ1n) is 12.6. The highest BCUT2D eigenvalue weighted by Crippen LogP contribution is 2.37. The minimum absolute atomic E-state index is 0.0758. The maximum absolute atomic E-state index is 13.4. The summed E-state index contributed by atoms with van der Waals surface area (Å²) < 4.78 is 46.1. The Kier molecular flexibility index (Phi) is 10.3. The van der Waals surface area contributed by atoms with Crippen LogP contribution in [0.2, 0.25) is 0 Å². The van der Waals surface area contributed by atoms with E-state index in [2.05, 4.69) is 5.32 Å². The van der Waals surface area contributed by atoms with Gasteiger partial charge in [-0.05, 0) is 70.7 Å². The SMILES string of the molecule is CCC(=C(c1ccc(O)cc1)c1ccc(OCCNCC=CC(=O)N(C)C)cc1)c1cccc(C(F)(F)F)c1. The predicted octanol–water partition coefficient (Wildman–Crippen LogP) is 6.39. The number of carbonyl (C=O) groups excluding carboxylic acids is 1. The van der Waals surface area contributed by atoms with Crippen molar-refractivity contribution >= 4 is 17.1 Å². The Morgan fingerprint density at radius 1 is 0.974 bits per heavy atom. The Balaban J connectivity index is 1.81. The Morgan fingerprint density at radius 2 is 1.62 bits per heavy atom. The first-order valence-corrected chi connectivity index (χ1v) is 12.6. The third-order valence-electron chi connectivity index (χ3n) is 6.00. The lowest BCUT2D eigenvalue weighted by Crippen LogP contribution is -2.22. The van der Waals surface area contributed by atoms with E-state index in [1.807, 2.05) is 31.2 Å². The van der Waals surface area contributed by atoms with Gasteiger partial charge in [0.25, 0.3) is 0 Å². The number of amides is 1. The molecule has 2 N–H and O–H groups in total. The van der Waals surface area contributed by atoms with Crippen molar-refractivity contribution in [2.45, 2.75) is 19.5 Å². The number of ether oxygens (including phenoxy) is 1. The van der Waals surface area contributed by atoms with E-state index in [4.69, 9.17) is 4.74 Å². The maximum atomic E-state index is 13.4. The fourth-order valence-corrected chi connectivity index (χ4v) is 4.00. The summed E-state index contributed by atoms with van der Waals surface area (Å²) >= 11 is 0. The lowest BCUT2D eigenvalue weighted by molar-refractivity contribution is -0.137. The number of rotatable bonds is 11. The number of aromatic hydroxyl groups is 1. The highest BCUT2D eigenvalue weighted by molar-refractivity contribution is 5.98. The van der Waals surface area contributed by atoms with Gasteiger partial charge in [-0.1, -0.05) is 49.4 Å². The van der Waals surface area contributed by atoms with Crippen LogP contribution in [-0.4, -0.2) is 49.7 Å². The minimum atomic E-state index is -4.44. The number of benzene rings is 3. The standard InChI is InChI=1S/C31H33F3N2O3/c1-4-28(24-7-5-8-25(21-24)31(32,33)34)30(22-10-14-26(37)15-11-22)23-12-16-27(17-13-23)39-20-19-35-18-6-9-29(38)36(2)3/h5-17,21,35,37H,4,18-20H2,1-3H3. The summed E-state index contributed by atoms with van der Waals surface area (Å²) in [5, 5.41) is 13.0. The average Bonchev–Trinajstić information content (AvgIpc) is 2.91. The number of carbonyl (C=O) groups is 1. The van der Waals surface area contributed by atoms with Crippen LogP contribution in [-0.2, 0) is 11.0 Å². The highest BCUT2D eigenvalue weighted by atomic mass is 19.4. The second kappa shape index (κ2) is 13.7. The lowest BCUT2D eigenvalue weighted by Gasteiger charge is -2.18. The second-order valence-corrected chi connectivity index (χ2v) is 9.04. The molecule has 0 aliphatic heterocycles. The molecule has 0 fully saturated rings. The van der Waals surface area contributed by atoms with Crippen molar-refractivity contribution < 1.29 is 27.8 Å². The van der Waals surface area contributed by atoms with Crippen molar-refractivity contribution in [3.63, 3.8) is 0 Å². The predicted molar refractivity (Wildman–Crippen MR) is 148 cm³/mol. The van der Waals surface area contributed by atoms with Crippen molar-refractivity contribution in [2.75, 3.05) is 33.8 Å². The molecular weight excluding hydrogens is 505 g/mol. The van der Waals surface area contributed by atoms with Gasteiger partial charge in [-0.15, -0.1) is 0 Å². The normalized spacial score (nSPS) is 12.4. The summed E-state index contributed by atoms with van der Waals surface area (Å²) in [7, 11) is 3.38. The summed E-state index contributed by atoms with van der Waals surface area (Å²) in [4.78, 5) is 13.0. The number of likely N-dealkylation sites (N-methyl/N-ethyl adjacent to an activating group) is 1. The van der Waals surface area contributed by atoms with E-state index in [0.29, 0.717) is 37.4 Å². The number of hydrogen-bond donors (Lipinski definition) is 2. The molecule has 3 rings (SSSR count). The largest absolute Gasteiger partial charge is 0.508 e. The number of alkyl halides is 3. The van der Waals surface area contributed by atoms with Crippen molar-refractivity contribution in [3.8, 4) is 11.5 Å². The molecule has 0 aliphatic carbocycles. The van der Waals surface area contributed by atoms with Crippen LogP contribution in [0.3, 0.4) is 0 Å². The molecule has 0 spiro atoms. The summed E-state index contributed by atoms with van der Waals surface area (Å²) in [6.07, 6.45) is -0.683. The molecule has 0 unspecified atom stereocenters. The summed E-state index contributed by atoms with van der Waals surface area (Å²) in [5.74, 6) is 0.682. The smallest absolute Gasteiger partial charge is 0.416 e. The topological polar surface area (TPSA) is 61.8 Å². The van der Waals surface area contributed by atoms with E-state index in [1.54, 1.807) is 50.5 Å². The van der Waals surface area contributed by atoms with E-state index in [-0.39, 0.29) is 11.7 Å². The molecule has 8 heteroatoms. The first-order chi connectivity index (χ1) is 18.6. The molecule has 39 heavy (non-hydrogen) atoms. The van der Waals surface area contributed by atoms with Crippen molar-refractivity contribution in [3.05, 3.63) is 107 Å². The van der Waals surface area contributed by atoms with Crippen LogP contribution in [0.15, 0.2) is 84.9 Å². The van der Waals surface area contributed by atoms with Gasteiger partial charge >= 0.3 is 6.18 Å². The molecule has 0 atom stereocenters.